The van der Waals surface area contributed by atoms with Gasteiger partial charge >= 0.3 is 0 Å². The fourth-order valence-corrected chi connectivity index (χ4v) is 2.69. The first-order chi connectivity index (χ1) is 9.56. The largest absolute Gasteiger partial charge is 0.488 e. The minimum Gasteiger partial charge on any atom is -0.488 e. The van der Waals surface area contributed by atoms with E-state index in [4.69, 9.17) is 27.9 Å². The Labute approximate surface area is 129 Å². The molecule has 20 heavy (non-hydrogen) atoms. The molecule has 0 saturated carbocycles. The molecule has 1 aliphatic rings. The predicted molar refractivity (Wildman–Crippen MR) is 81.9 cm³/mol. The Bertz CT molecular complexity index is 417. The molecular weight excluding hydrogens is 299 g/mol. The maximum absolute atomic E-state index is 10.0. The van der Waals surface area contributed by atoms with E-state index < -0.39 is 6.10 Å². The van der Waals surface area contributed by atoms with Crippen molar-refractivity contribution < 1.29 is 9.84 Å². The predicted octanol–water partition coefficient (Wildman–Crippen LogP) is 1.98. The van der Waals surface area contributed by atoms with Gasteiger partial charge in [0.05, 0.1) is 10.0 Å². The lowest BCUT2D eigenvalue weighted by molar-refractivity contribution is 0.0505. The van der Waals surface area contributed by atoms with E-state index in [2.05, 4.69) is 16.8 Å². The topological polar surface area (TPSA) is 35.9 Å². The average Bonchev–Trinajstić information content (AvgIpc) is 2.41. The number of para-hydroxylation sites is 1. The van der Waals surface area contributed by atoms with Crippen LogP contribution in [-0.4, -0.2) is 67.4 Å². The van der Waals surface area contributed by atoms with Crippen LogP contribution in [0, 0.1) is 0 Å². The van der Waals surface area contributed by atoms with Crippen LogP contribution in [-0.2, 0) is 0 Å². The molecule has 1 fully saturated rings. The molecular formula is C14H20Cl2N2O2. The number of aliphatic hydroxyl groups excluding tert-OH is 1. The van der Waals surface area contributed by atoms with E-state index in [1.165, 1.54) is 0 Å². The molecule has 1 saturated heterocycles. The summed E-state index contributed by atoms with van der Waals surface area (Å²) in [7, 11) is 2.11. The van der Waals surface area contributed by atoms with Gasteiger partial charge in [-0.15, -0.1) is 0 Å². The highest BCUT2D eigenvalue weighted by atomic mass is 35.5. The molecule has 0 radical (unpaired) electrons. The minimum absolute atomic E-state index is 0.190. The quantitative estimate of drug-likeness (QED) is 0.900. The zero-order valence-electron chi connectivity index (χ0n) is 11.6. The van der Waals surface area contributed by atoms with Gasteiger partial charge in [-0.3, -0.25) is 4.90 Å². The number of hydrogen-bond acceptors (Lipinski definition) is 4. The van der Waals surface area contributed by atoms with Gasteiger partial charge in [0.25, 0.3) is 0 Å². The van der Waals surface area contributed by atoms with Crippen molar-refractivity contribution in [2.75, 3.05) is 46.4 Å². The Hall–Kier alpha value is -0.520. The summed E-state index contributed by atoms with van der Waals surface area (Å²) in [6.45, 7) is 4.81. The molecule has 112 valence electrons. The molecule has 0 amide bonds. The Balaban J connectivity index is 1.79. The lowest BCUT2D eigenvalue weighted by Gasteiger charge is -2.33. The zero-order valence-corrected chi connectivity index (χ0v) is 13.1. The Kier molecular flexibility index (Phi) is 5.93. The van der Waals surface area contributed by atoms with Crippen LogP contribution in [0.2, 0.25) is 10.0 Å². The van der Waals surface area contributed by atoms with Gasteiger partial charge < -0.3 is 14.7 Å². The molecule has 4 nitrogen and oxygen atoms in total. The summed E-state index contributed by atoms with van der Waals surface area (Å²) in [5.41, 5.74) is 0. The zero-order chi connectivity index (χ0) is 14.5. The lowest BCUT2D eigenvalue weighted by Crippen LogP contribution is -2.47. The Morgan fingerprint density at radius 2 is 1.80 bits per heavy atom. The third-order valence-corrected chi connectivity index (χ3v) is 4.00. The molecule has 0 aromatic heterocycles. The highest BCUT2D eigenvalue weighted by Crippen LogP contribution is 2.32. The summed E-state index contributed by atoms with van der Waals surface area (Å²) in [5, 5.41) is 11.0. The molecule has 0 bridgehead atoms. The summed E-state index contributed by atoms with van der Waals surface area (Å²) in [5.74, 6) is 0.438. The number of hydrogen-bond donors (Lipinski definition) is 1. The van der Waals surface area contributed by atoms with Gasteiger partial charge in [-0.05, 0) is 19.2 Å². The van der Waals surface area contributed by atoms with Gasteiger partial charge in [-0.2, -0.15) is 0 Å². The number of benzene rings is 1. The molecule has 6 heteroatoms. The van der Waals surface area contributed by atoms with Gasteiger partial charge in [0, 0.05) is 32.7 Å². The van der Waals surface area contributed by atoms with Crippen molar-refractivity contribution in [3.8, 4) is 5.75 Å². The van der Waals surface area contributed by atoms with Crippen molar-refractivity contribution in [2.45, 2.75) is 6.10 Å². The van der Waals surface area contributed by atoms with Crippen molar-refractivity contribution in [1.29, 1.82) is 0 Å². The van der Waals surface area contributed by atoms with Crippen LogP contribution >= 0.6 is 23.2 Å². The van der Waals surface area contributed by atoms with Crippen LogP contribution in [0.5, 0.6) is 5.75 Å². The Morgan fingerprint density at radius 1 is 1.20 bits per heavy atom. The molecule has 0 aliphatic carbocycles. The molecule has 2 rings (SSSR count). The number of piperazine rings is 1. The van der Waals surface area contributed by atoms with Gasteiger partial charge in [0.2, 0.25) is 0 Å². The Morgan fingerprint density at radius 3 is 2.40 bits per heavy atom. The fraction of sp³-hybridized carbons (Fsp3) is 0.571. The third-order valence-electron chi connectivity index (χ3n) is 3.40. The van der Waals surface area contributed by atoms with Crippen LogP contribution in [0.3, 0.4) is 0 Å². The SMILES string of the molecule is CN1CCN(CC(O)COc2c(Cl)cccc2Cl)CC1. The van der Waals surface area contributed by atoms with Crippen LogP contribution < -0.4 is 4.74 Å². The molecule has 1 aromatic carbocycles. The van der Waals surface area contributed by atoms with E-state index in [-0.39, 0.29) is 6.61 Å². The van der Waals surface area contributed by atoms with Crippen molar-refractivity contribution in [2.24, 2.45) is 0 Å². The van der Waals surface area contributed by atoms with E-state index in [1.807, 2.05) is 0 Å². The summed E-state index contributed by atoms with van der Waals surface area (Å²) in [6, 6.07) is 5.20. The second-order valence-corrected chi connectivity index (χ2v) is 5.93. The number of likely N-dealkylation sites (N-methyl/N-ethyl adjacent to an activating group) is 1. The van der Waals surface area contributed by atoms with Gasteiger partial charge in [-0.1, -0.05) is 29.3 Å². The number of nitrogens with zero attached hydrogens (tertiary/aromatic N) is 2. The van der Waals surface area contributed by atoms with Crippen molar-refractivity contribution in [1.82, 2.24) is 9.80 Å². The van der Waals surface area contributed by atoms with Crippen molar-refractivity contribution >= 4 is 23.2 Å². The molecule has 1 N–H and O–H groups in total. The molecule has 1 aliphatic heterocycles. The first-order valence-electron chi connectivity index (χ1n) is 6.72. The second kappa shape index (κ2) is 7.48. The van der Waals surface area contributed by atoms with Crippen LogP contribution in [0.1, 0.15) is 0 Å². The second-order valence-electron chi connectivity index (χ2n) is 5.12. The fourth-order valence-electron chi connectivity index (χ4n) is 2.18. The highest BCUT2D eigenvalue weighted by molar-refractivity contribution is 6.37. The third kappa shape index (κ3) is 4.50. The highest BCUT2D eigenvalue weighted by Gasteiger charge is 2.18. The summed E-state index contributed by atoms with van der Waals surface area (Å²) in [6.07, 6.45) is -0.550. The van der Waals surface area contributed by atoms with Crippen LogP contribution in [0.4, 0.5) is 0 Å². The van der Waals surface area contributed by atoms with Gasteiger partial charge in [-0.25, -0.2) is 0 Å². The summed E-state index contributed by atoms with van der Waals surface area (Å²) < 4.78 is 5.54. The minimum atomic E-state index is -0.550. The summed E-state index contributed by atoms with van der Waals surface area (Å²) in [4.78, 5) is 4.52. The average molecular weight is 319 g/mol. The number of rotatable bonds is 5. The number of ether oxygens (including phenoxy) is 1. The smallest absolute Gasteiger partial charge is 0.156 e. The van der Waals surface area contributed by atoms with Crippen LogP contribution in [0.15, 0.2) is 18.2 Å². The monoisotopic (exact) mass is 318 g/mol. The molecule has 1 atom stereocenters. The maximum Gasteiger partial charge on any atom is 0.156 e. The van der Waals surface area contributed by atoms with Crippen LogP contribution in [0.25, 0.3) is 0 Å². The normalized spacial score (nSPS) is 19.0. The van der Waals surface area contributed by atoms with E-state index in [0.29, 0.717) is 22.3 Å². The molecule has 1 unspecified atom stereocenters. The number of β-amino-alcohol motifs (C(OH)–C–C–N with tert-alkyl or cyclic N) is 1. The van der Waals surface area contributed by atoms with E-state index in [1.54, 1.807) is 18.2 Å². The number of aliphatic hydroxyl groups is 1. The van der Waals surface area contributed by atoms with Crippen molar-refractivity contribution in [3.63, 3.8) is 0 Å². The molecule has 1 heterocycles. The number of halogens is 2. The first-order valence-corrected chi connectivity index (χ1v) is 7.47. The van der Waals surface area contributed by atoms with E-state index >= 15 is 0 Å². The van der Waals surface area contributed by atoms with Gasteiger partial charge in [0.15, 0.2) is 5.75 Å². The van der Waals surface area contributed by atoms with Gasteiger partial charge in [0.1, 0.15) is 12.7 Å². The summed E-state index contributed by atoms with van der Waals surface area (Å²) >= 11 is 12.0. The molecule has 0 spiro atoms. The van der Waals surface area contributed by atoms with E-state index in [9.17, 15) is 5.11 Å². The lowest BCUT2D eigenvalue weighted by atomic mass is 10.3. The van der Waals surface area contributed by atoms with Crippen molar-refractivity contribution in [3.05, 3.63) is 28.2 Å². The standard InChI is InChI=1S/C14H20Cl2N2O2/c1-17-5-7-18(8-6-17)9-11(19)10-20-14-12(15)3-2-4-13(14)16/h2-4,11,19H,5-10H2,1H3. The molecule has 1 aromatic rings. The first kappa shape index (κ1) is 15.9. The van der Waals surface area contributed by atoms with E-state index in [0.717, 1.165) is 26.2 Å². The maximum atomic E-state index is 10.0.